The summed E-state index contributed by atoms with van der Waals surface area (Å²) in [4.78, 5) is 13.2. The Labute approximate surface area is 228 Å². The average Bonchev–Trinajstić information content (AvgIpc) is 3.52. The number of aliphatic hydroxyl groups is 1. The van der Waals surface area contributed by atoms with E-state index in [1.807, 2.05) is 19.2 Å². The Kier molecular flexibility index (Phi) is 6.79. The van der Waals surface area contributed by atoms with Gasteiger partial charge in [0.2, 0.25) is 0 Å². The first-order valence-electron chi connectivity index (χ1n) is 12.3. The van der Waals surface area contributed by atoms with E-state index in [-0.39, 0.29) is 28.2 Å². The number of carbonyl (C=O) groups excluding carboxylic acids is 1. The maximum absolute atomic E-state index is 14.6. The zero-order chi connectivity index (χ0) is 28.1. The molecule has 11 nitrogen and oxygen atoms in total. The molecule has 0 atom stereocenters. The van der Waals surface area contributed by atoms with E-state index >= 15 is 0 Å². The second-order valence-corrected chi connectivity index (χ2v) is 10.7. The van der Waals surface area contributed by atoms with E-state index in [4.69, 9.17) is 23.2 Å². The number of fused-ring (bicyclic) bond motifs is 1. The van der Waals surface area contributed by atoms with Crippen LogP contribution in [0.25, 0.3) is 16.6 Å². The van der Waals surface area contributed by atoms with Gasteiger partial charge in [0.1, 0.15) is 5.82 Å². The number of hydrazone groups is 1. The van der Waals surface area contributed by atoms with Gasteiger partial charge in [-0.05, 0) is 51.8 Å². The number of pyridine rings is 1. The molecule has 3 aromatic heterocycles. The molecule has 0 aliphatic heterocycles. The summed E-state index contributed by atoms with van der Waals surface area (Å²) in [5.74, 6) is 4.54. The Bertz CT molecular complexity index is 1600. The number of aryl methyl sites for hydroxylation is 1. The molecular weight excluding hydrogens is 525 g/mol. The molecule has 5 rings (SSSR count). The van der Waals surface area contributed by atoms with Crippen molar-refractivity contribution in [2.24, 2.45) is 16.7 Å². The Morgan fingerprint density at radius 3 is 2.74 bits per heavy atom. The molecule has 3 heterocycles. The van der Waals surface area contributed by atoms with Gasteiger partial charge < -0.3 is 16.2 Å². The first kappa shape index (κ1) is 26.6. The second kappa shape index (κ2) is 9.95. The summed E-state index contributed by atoms with van der Waals surface area (Å²) in [5.41, 5.74) is 8.58. The molecular formula is C26H29ClFN9O2. The highest BCUT2D eigenvalue weighted by molar-refractivity contribution is 6.34. The Balaban J connectivity index is 1.39. The SMILES string of the molecule is Cc1nn(CC(C)(C)O)cc1-c1ccc2c(C(=O)Nc3cc(/C(N)=N/N(N)C4CC4)c(F)cc3Cl)cnn2c1. The van der Waals surface area contributed by atoms with Crippen LogP contribution < -0.4 is 16.9 Å². The normalized spacial score (nSPS) is 14.2. The van der Waals surface area contributed by atoms with Crippen molar-refractivity contribution < 1.29 is 14.3 Å². The predicted molar refractivity (Wildman–Crippen MR) is 147 cm³/mol. The van der Waals surface area contributed by atoms with Crippen LogP contribution in [0.4, 0.5) is 10.1 Å². The number of nitrogens with two attached hydrogens (primary N) is 2. The lowest BCUT2D eigenvalue weighted by molar-refractivity contribution is 0.0577. The number of aromatic nitrogens is 4. The molecule has 4 aromatic rings. The van der Waals surface area contributed by atoms with Crippen LogP contribution in [0.1, 0.15) is 48.3 Å². The average molecular weight is 554 g/mol. The highest BCUT2D eigenvalue weighted by Gasteiger charge is 2.27. The van der Waals surface area contributed by atoms with E-state index in [9.17, 15) is 14.3 Å². The van der Waals surface area contributed by atoms with Crippen LogP contribution in [0.5, 0.6) is 0 Å². The lowest BCUT2D eigenvalue weighted by Crippen LogP contribution is -2.31. The van der Waals surface area contributed by atoms with E-state index in [0.717, 1.165) is 35.7 Å². The first-order valence-corrected chi connectivity index (χ1v) is 12.7. The van der Waals surface area contributed by atoms with Gasteiger partial charge in [-0.3, -0.25) is 9.48 Å². The molecule has 0 radical (unpaired) electrons. The number of nitrogens with zero attached hydrogens (tertiary/aromatic N) is 6. The van der Waals surface area contributed by atoms with Gasteiger partial charge in [-0.15, -0.1) is 5.10 Å². The number of halogens is 2. The zero-order valence-corrected chi connectivity index (χ0v) is 22.4. The molecule has 39 heavy (non-hydrogen) atoms. The summed E-state index contributed by atoms with van der Waals surface area (Å²) in [6.45, 7) is 5.67. The Morgan fingerprint density at radius 1 is 1.31 bits per heavy atom. The van der Waals surface area contributed by atoms with Gasteiger partial charge >= 0.3 is 0 Å². The minimum absolute atomic E-state index is 0.00139. The third kappa shape index (κ3) is 5.72. The lowest BCUT2D eigenvalue weighted by atomic mass is 10.1. The van der Waals surface area contributed by atoms with Gasteiger partial charge in [0.15, 0.2) is 5.84 Å². The number of rotatable bonds is 8. The fraction of sp³-hybridized carbons (Fsp3) is 0.308. The quantitative estimate of drug-likeness (QED) is 0.113. The van der Waals surface area contributed by atoms with Crippen molar-refractivity contribution in [1.29, 1.82) is 0 Å². The number of carbonyl (C=O) groups is 1. The van der Waals surface area contributed by atoms with Crippen molar-refractivity contribution in [1.82, 2.24) is 24.5 Å². The fourth-order valence-electron chi connectivity index (χ4n) is 4.23. The van der Waals surface area contributed by atoms with Crippen LogP contribution in [-0.2, 0) is 6.54 Å². The summed E-state index contributed by atoms with van der Waals surface area (Å²) in [6.07, 6.45) is 6.88. The van der Waals surface area contributed by atoms with Crippen LogP contribution in [0.15, 0.2) is 48.0 Å². The minimum Gasteiger partial charge on any atom is -0.389 e. The number of hydrazine groups is 1. The standard InChI is InChI=1S/C26H29ClFN9O2/c1-14-19(12-35(33-14)13-26(2,3)39)15-4-7-23-18(10-31-36(23)11-15)25(38)32-22-8-17(21(28)9-20(22)27)24(29)34-37(30)16-5-6-16/h4,7-12,16,39H,5-6,13,30H2,1-3H3,(H2,29,34)(H,32,38). The monoisotopic (exact) mass is 553 g/mol. The van der Waals surface area contributed by atoms with Crippen molar-refractivity contribution in [3.05, 3.63) is 70.5 Å². The summed E-state index contributed by atoms with van der Waals surface area (Å²) in [6, 6.07) is 6.12. The van der Waals surface area contributed by atoms with E-state index in [0.29, 0.717) is 17.6 Å². The molecule has 1 fully saturated rings. The topological polar surface area (TPSA) is 152 Å². The van der Waals surface area contributed by atoms with Crippen LogP contribution >= 0.6 is 11.6 Å². The minimum atomic E-state index is -0.905. The molecule has 1 aliphatic rings. The van der Waals surface area contributed by atoms with E-state index in [1.165, 1.54) is 17.4 Å². The van der Waals surface area contributed by atoms with Gasteiger partial charge in [-0.1, -0.05) is 17.7 Å². The maximum Gasteiger partial charge on any atom is 0.259 e. The number of hydrogen-bond donors (Lipinski definition) is 4. The lowest BCUT2D eigenvalue weighted by Gasteiger charge is -2.16. The maximum atomic E-state index is 14.6. The molecule has 0 unspecified atom stereocenters. The third-order valence-electron chi connectivity index (χ3n) is 6.29. The number of hydrogen-bond acceptors (Lipinski definition) is 7. The molecule has 1 aliphatic carbocycles. The van der Waals surface area contributed by atoms with Crippen molar-refractivity contribution in [3.63, 3.8) is 0 Å². The largest absolute Gasteiger partial charge is 0.389 e. The van der Waals surface area contributed by atoms with Crippen LogP contribution in [-0.4, -0.2) is 53.0 Å². The second-order valence-electron chi connectivity index (χ2n) is 10.3. The van der Waals surface area contributed by atoms with Gasteiger partial charge in [0.05, 0.1) is 57.4 Å². The van der Waals surface area contributed by atoms with Crippen molar-refractivity contribution in [3.8, 4) is 11.1 Å². The van der Waals surface area contributed by atoms with Gasteiger partial charge in [0.25, 0.3) is 5.91 Å². The Hall–Kier alpha value is -4.00. The summed E-state index contributed by atoms with van der Waals surface area (Å²) < 4.78 is 17.9. The summed E-state index contributed by atoms with van der Waals surface area (Å²) in [7, 11) is 0. The van der Waals surface area contributed by atoms with Gasteiger partial charge in [0, 0.05) is 23.5 Å². The zero-order valence-electron chi connectivity index (χ0n) is 21.7. The number of benzene rings is 1. The molecule has 1 amide bonds. The molecule has 13 heteroatoms. The highest BCUT2D eigenvalue weighted by Crippen LogP contribution is 2.29. The van der Waals surface area contributed by atoms with Gasteiger partial charge in [-0.25, -0.2) is 19.9 Å². The van der Waals surface area contributed by atoms with Crippen LogP contribution in [0.2, 0.25) is 5.02 Å². The number of anilines is 1. The van der Waals surface area contributed by atoms with E-state index in [2.05, 4.69) is 20.6 Å². The predicted octanol–water partition coefficient (Wildman–Crippen LogP) is 3.28. The molecule has 1 aromatic carbocycles. The van der Waals surface area contributed by atoms with Crippen LogP contribution in [0, 0.1) is 12.7 Å². The number of amidine groups is 1. The molecule has 0 bridgehead atoms. The molecule has 0 saturated heterocycles. The summed E-state index contributed by atoms with van der Waals surface area (Å²) >= 11 is 6.23. The Morgan fingerprint density at radius 2 is 2.05 bits per heavy atom. The molecule has 0 spiro atoms. The molecule has 6 N–H and O–H groups in total. The molecule has 204 valence electrons. The van der Waals surface area contributed by atoms with Crippen LogP contribution in [0.3, 0.4) is 0 Å². The van der Waals surface area contributed by atoms with E-state index in [1.54, 1.807) is 35.3 Å². The smallest absolute Gasteiger partial charge is 0.259 e. The highest BCUT2D eigenvalue weighted by atomic mass is 35.5. The number of amides is 1. The van der Waals surface area contributed by atoms with E-state index < -0.39 is 17.3 Å². The van der Waals surface area contributed by atoms with Crippen molar-refractivity contribution >= 4 is 34.5 Å². The number of nitrogens with one attached hydrogen (secondary N) is 1. The van der Waals surface area contributed by atoms with Crippen molar-refractivity contribution in [2.75, 3.05) is 5.32 Å². The van der Waals surface area contributed by atoms with Gasteiger partial charge in [-0.2, -0.15) is 10.2 Å². The first-order chi connectivity index (χ1) is 18.4. The van der Waals surface area contributed by atoms with Crippen molar-refractivity contribution in [2.45, 2.75) is 51.8 Å². The fourth-order valence-corrected chi connectivity index (χ4v) is 4.42. The third-order valence-corrected chi connectivity index (χ3v) is 6.60. The molecule has 1 saturated carbocycles. The summed E-state index contributed by atoms with van der Waals surface area (Å²) in [5, 5.41) is 26.9.